The number of carbonyl (C=O) groups is 1. The van der Waals surface area contributed by atoms with Crippen molar-refractivity contribution >= 4 is 21.8 Å². The monoisotopic (exact) mass is 468 g/mol. The number of carbonyl (C=O) groups excluding carboxylic acids is 1. The van der Waals surface area contributed by atoms with E-state index in [1.54, 1.807) is 42.5 Å². The first kappa shape index (κ1) is 22.4. The van der Waals surface area contributed by atoms with Gasteiger partial charge in [0.15, 0.2) is 5.84 Å². The maximum atomic E-state index is 13.8. The molecular formula is C23H21FN4O4S. The second-order valence-corrected chi connectivity index (χ2v) is 9.50. The minimum atomic E-state index is -4.07. The fourth-order valence-electron chi connectivity index (χ4n) is 4.29. The summed E-state index contributed by atoms with van der Waals surface area (Å²) in [6.45, 7) is 0. The highest BCUT2D eigenvalue weighted by Crippen LogP contribution is 2.60. The SMILES string of the molecule is NC(=O)C1(c2ccc(-c3cc(F)ccc3S(N)(=O)=O)cc2)CC1c1cccc(C(N)=NO)c1. The van der Waals surface area contributed by atoms with Gasteiger partial charge in [-0.3, -0.25) is 4.79 Å². The van der Waals surface area contributed by atoms with E-state index in [2.05, 4.69) is 5.16 Å². The van der Waals surface area contributed by atoms with Gasteiger partial charge in [-0.2, -0.15) is 0 Å². The topological polar surface area (TPSA) is 162 Å². The van der Waals surface area contributed by atoms with E-state index in [-0.39, 0.29) is 22.2 Å². The first-order valence-corrected chi connectivity index (χ1v) is 11.4. The molecule has 2 unspecified atom stereocenters. The molecule has 1 amide bonds. The lowest BCUT2D eigenvalue weighted by Crippen LogP contribution is -2.30. The third kappa shape index (κ3) is 3.94. The third-order valence-electron chi connectivity index (χ3n) is 6.05. The summed E-state index contributed by atoms with van der Waals surface area (Å²) in [5.41, 5.74) is 13.0. The molecule has 0 saturated heterocycles. The van der Waals surface area contributed by atoms with E-state index >= 15 is 0 Å². The van der Waals surface area contributed by atoms with Gasteiger partial charge < -0.3 is 16.7 Å². The maximum absolute atomic E-state index is 13.8. The van der Waals surface area contributed by atoms with Crippen molar-refractivity contribution in [3.05, 3.63) is 89.2 Å². The Hall–Kier alpha value is -3.76. The number of primary sulfonamides is 1. The number of halogens is 1. The van der Waals surface area contributed by atoms with Gasteiger partial charge in [-0.1, -0.05) is 47.6 Å². The lowest BCUT2D eigenvalue weighted by molar-refractivity contribution is -0.120. The molecule has 8 nitrogen and oxygen atoms in total. The molecule has 10 heteroatoms. The van der Waals surface area contributed by atoms with Gasteiger partial charge in [-0.25, -0.2) is 17.9 Å². The Kier molecular flexibility index (Phi) is 5.43. The zero-order valence-electron chi connectivity index (χ0n) is 17.3. The largest absolute Gasteiger partial charge is 0.409 e. The quantitative estimate of drug-likeness (QED) is 0.188. The van der Waals surface area contributed by atoms with Crippen molar-refractivity contribution in [2.45, 2.75) is 22.6 Å². The highest BCUT2D eigenvalue weighted by Gasteiger charge is 2.60. The molecule has 33 heavy (non-hydrogen) atoms. The van der Waals surface area contributed by atoms with Crippen molar-refractivity contribution in [3.63, 3.8) is 0 Å². The summed E-state index contributed by atoms with van der Waals surface area (Å²) in [6, 6.07) is 16.8. The first-order valence-electron chi connectivity index (χ1n) is 9.89. The van der Waals surface area contributed by atoms with Crippen LogP contribution in [0.15, 0.2) is 76.8 Å². The lowest BCUT2D eigenvalue weighted by Gasteiger charge is -2.16. The summed E-state index contributed by atoms with van der Waals surface area (Å²) in [7, 11) is -4.07. The molecule has 2 atom stereocenters. The number of oxime groups is 1. The van der Waals surface area contributed by atoms with Gasteiger partial charge in [-0.05, 0) is 47.4 Å². The van der Waals surface area contributed by atoms with Gasteiger partial charge in [0.2, 0.25) is 15.9 Å². The molecule has 1 saturated carbocycles. The Morgan fingerprint density at radius 1 is 1.06 bits per heavy atom. The van der Waals surface area contributed by atoms with E-state index in [4.69, 9.17) is 21.8 Å². The van der Waals surface area contributed by atoms with Crippen LogP contribution in [-0.4, -0.2) is 25.4 Å². The van der Waals surface area contributed by atoms with E-state index in [1.807, 2.05) is 6.07 Å². The number of sulfonamides is 1. The molecule has 4 rings (SSSR count). The van der Waals surface area contributed by atoms with E-state index in [0.29, 0.717) is 23.1 Å². The number of hydrogen-bond donors (Lipinski definition) is 4. The molecule has 1 aliphatic carbocycles. The van der Waals surface area contributed by atoms with Gasteiger partial charge in [0.25, 0.3) is 0 Å². The molecule has 7 N–H and O–H groups in total. The Morgan fingerprint density at radius 2 is 1.76 bits per heavy atom. The number of nitrogens with zero attached hydrogens (tertiary/aromatic N) is 1. The van der Waals surface area contributed by atoms with Crippen LogP contribution in [-0.2, 0) is 20.2 Å². The zero-order chi connectivity index (χ0) is 24.0. The van der Waals surface area contributed by atoms with Gasteiger partial charge in [0.1, 0.15) is 5.82 Å². The van der Waals surface area contributed by atoms with Crippen molar-refractivity contribution < 1.29 is 22.8 Å². The Labute approximate surface area is 189 Å². The second kappa shape index (κ2) is 7.98. The molecule has 0 aliphatic heterocycles. The zero-order valence-corrected chi connectivity index (χ0v) is 18.1. The van der Waals surface area contributed by atoms with Crippen LogP contribution in [0.5, 0.6) is 0 Å². The van der Waals surface area contributed by atoms with E-state index in [9.17, 15) is 17.6 Å². The third-order valence-corrected chi connectivity index (χ3v) is 7.02. The Balaban J connectivity index is 1.72. The molecule has 0 spiro atoms. The highest BCUT2D eigenvalue weighted by atomic mass is 32.2. The molecule has 1 aliphatic rings. The number of nitrogens with two attached hydrogens (primary N) is 3. The van der Waals surface area contributed by atoms with Gasteiger partial charge in [-0.15, -0.1) is 0 Å². The average molecular weight is 469 g/mol. The second-order valence-electron chi connectivity index (χ2n) is 7.97. The van der Waals surface area contributed by atoms with E-state index in [0.717, 1.165) is 23.8 Å². The van der Waals surface area contributed by atoms with Crippen LogP contribution in [0.3, 0.4) is 0 Å². The maximum Gasteiger partial charge on any atom is 0.238 e. The molecule has 3 aromatic rings. The standard InChI is InChI=1S/C23H21FN4O4S/c24-17-8-9-20(33(27,31)32)18(11-17)13-4-6-16(7-5-13)23(22(26)29)12-19(23)14-2-1-3-15(10-14)21(25)28-30/h1-11,19,30H,12H2,(H2,25,28)(H2,26,29)(H2,27,31,32). The van der Waals surface area contributed by atoms with Crippen molar-refractivity contribution in [1.82, 2.24) is 0 Å². The van der Waals surface area contributed by atoms with Gasteiger partial charge >= 0.3 is 0 Å². The van der Waals surface area contributed by atoms with E-state index < -0.39 is 27.2 Å². The molecule has 3 aromatic carbocycles. The Bertz CT molecular complexity index is 1390. The van der Waals surface area contributed by atoms with Crippen LogP contribution in [0, 0.1) is 5.82 Å². The number of rotatable bonds is 6. The van der Waals surface area contributed by atoms with Crippen LogP contribution >= 0.6 is 0 Å². The summed E-state index contributed by atoms with van der Waals surface area (Å²) in [6.07, 6.45) is 0.462. The van der Waals surface area contributed by atoms with Gasteiger partial charge in [0.05, 0.1) is 10.3 Å². The predicted molar refractivity (Wildman–Crippen MR) is 120 cm³/mol. The number of amides is 1. The van der Waals surface area contributed by atoms with Crippen LogP contribution < -0.4 is 16.6 Å². The molecular weight excluding hydrogens is 447 g/mol. The fraction of sp³-hybridized carbons (Fsp3) is 0.130. The molecule has 170 valence electrons. The predicted octanol–water partition coefficient (Wildman–Crippen LogP) is 2.15. The van der Waals surface area contributed by atoms with E-state index in [1.165, 1.54) is 0 Å². The van der Waals surface area contributed by atoms with Crippen LogP contribution in [0.2, 0.25) is 0 Å². The van der Waals surface area contributed by atoms with Crippen molar-refractivity contribution in [2.24, 2.45) is 21.8 Å². The smallest absolute Gasteiger partial charge is 0.238 e. The number of benzene rings is 3. The van der Waals surface area contributed by atoms with Crippen molar-refractivity contribution in [1.29, 1.82) is 0 Å². The molecule has 0 aromatic heterocycles. The minimum absolute atomic E-state index is 0.0488. The van der Waals surface area contributed by atoms with Crippen LogP contribution in [0.4, 0.5) is 4.39 Å². The summed E-state index contributed by atoms with van der Waals surface area (Å²) >= 11 is 0. The lowest BCUT2D eigenvalue weighted by atomic mass is 9.88. The Morgan fingerprint density at radius 3 is 2.36 bits per heavy atom. The van der Waals surface area contributed by atoms with Crippen LogP contribution in [0.25, 0.3) is 11.1 Å². The summed E-state index contributed by atoms with van der Waals surface area (Å²) < 4.78 is 37.7. The highest BCUT2D eigenvalue weighted by molar-refractivity contribution is 7.89. The van der Waals surface area contributed by atoms with Crippen molar-refractivity contribution in [3.8, 4) is 11.1 Å². The molecule has 0 heterocycles. The molecule has 1 fully saturated rings. The number of amidine groups is 1. The number of hydrogen-bond acceptors (Lipinski definition) is 5. The average Bonchev–Trinajstić information content (AvgIpc) is 3.55. The van der Waals surface area contributed by atoms with Crippen molar-refractivity contribution in [2.75, 3.05) is 0 Å². The first-order chi connectivity index (χ1) is 15.6. The summed E-state index contributed by atoms with van der Waals surface area (Å²) in [4.78, 5) is 12.3. The normalized spacial score (nSPS) is 20.4. The minimum Gasteiger partial charge on any atom is -0.409 e. The van der Waals surface area contributed by atoms with Gasteiger partial charge in [0, 0.05) is 17.0 Å². The molecule has 0 radical (unpaired) electrons. The van der Waals surface area contributed by atoms with Crippen LogP contribution in [0.1, 0.15) is 29.0 Å². The number of primary amides is 1. The molecule has 0 bridgehead atoms. The summed E-state index contributed by atoms with van der Waals surface area (Å²) in [5, 5.41) is 17.2. The fourth-order valence-corrected chi connectivity index (χ4v) is 5.04. The summed E-state index contributed by atoms with van der Waals surface area (Å²) in [5.74, 6) is -1.39.